The van der Waals surface area contributed by atoms with E-state index in [1.54, 1.807) is 0 Å². The van der Waals surface area contributed by atoms with Gasteiger partial charge in [0.25, 0.3) is 0 Å². The second-order valence-corrected chi connectivity index (χ2v) is 6.11. The summed E-state index contributed by atoms with van der Waals surface area (Å²) < 4.78 is 1.16. The van der Waals surface area contributed by atoms with E-state index in [1.165, 1.54) is 11.1 Å². The minimum absolute atomic E-state index is 0.640. The predicted octanol–water partition coefficient (Wildman–Crippen LogP) is 5.25. The summed E-state index contributed by atoms with van der Waals surface area (Å²) in [7, 11) is 0. The molecule has 0 radical (unpaired) electrons. The Kier molecular flexibility index (Phi) is 5.45. The topological polar surface area (TPSA) is 0 Å². The van der Waals surface area contributed by atoms with E-state index in [-0.39, 0.29) is 0 Å². The molecular formula is C16H16Br2. The molecule has 0 fully saturated rings. The number of alkyl halides is 1. The summed E-state index contributed by atoms with van der Waals surface area (Å²) >= 11 is 7.17. The van der Waals surface area contributed by atoms with Crippen LogP contribution in [0.3, 0.4) is 0 Å². The average Bonchev–Trinajstić information content (AvgIpc) is 2.39. The van der Waals surface area contributed by atoms with Gasteiger partial charge in [-0.15, -0.1) is 0 Å². The highest BCUT2D eigenvalue weighted by Crippen LogP contribution is 2.19. The van der Waals surface area contributed by atoms with Gasteiger partial charge in [-0.05, 0) is 42.0 Å². The highest BCUT2D eigenvalue weighted by molar-refractivity contribution is 9.10. The van der Waals surface area contributed by atoms with E-state index in [2.05, 4.69) is 86.5 Å². The molecule has 0 aliphatic heterocycles. The molecule has 0 spiro atoms. The van der Waals surface area contributed by atoms with Crippen LogP contribution in [0.2, 0.25) is 0 Å². The third-order valence-electron chi connectivity index (χ3n) is 3.00. The molecule has 1 atom stereocenters. The van der Waals surface area contributed by atoms with Crippen LogP contribution in [0.5, 0.6) is 0 Å². The van der Waals surface area contributed by atoms with Gasteiger partial charge in [0.1, 0.15) is 0 Å². The Bertz CT molecular complexity index is 479. The van der Waals surface area contributed by atoms with Gasteiger partial charge < -0.3 is 0 Å². The molecule has 0 bridgehead atoms. The van der Waals surface area contributed by atoms with Crippen molar-refractivity contribution in [3.05, 3.63) is 70.2 Å². The van der Waals surface area contributed by atoms with Crippen LogP contribution in [0, 0.1) is 5.92 Å². The van der Waals surface area contributed by atoms with E-state index in [9.17, 15) is 0 Å². The van der Waals surface area contributed by atoms with E-state index in [4.69, 9.17) is 0 Å². The van der Waals surface area contributed by atoms with Gasteiger partial charge in [-0.2, -0.15) is 0 Å². The molecule has 18 heavy (non-hydrogen) atoms. The van der Waals surface area contributed by atoms with Gasteiger partial charge in [0, 0.05) is 9.80 Å². The molecule has 2 aromatic carbocycles. The van der Waals surface area contributed by atoms with Crippen molar-refractivity contribution in [3.8, 4) is 0 Å². The van der Waals surface area contributed by atoms with Gasteiger partial charge in [-0.1, -0.05) is 74.3 Å². The van der Waals surface area contributed by atoms with E-state index in [0.29, 0.717) is 5.92 Å². The lowest BCUT2D eigenvalue weighted by atomic mass is 9.94. The molecule has 2 heteroatoms. The van der Waals surface area contributed by atoms with Gasteiger partial charge in [-0.25, -0.2) is 0 Å². The normalized spacial score (nSPS) is 12.3. The predicted molar refractivity (Wildman–Crippen MR) is 85.3 cm³/mol. The van der Waals surface area contributed by atoms with Crippen molar-refractivity contribution in [1.29, 1.82) is 0 Å². The number of benzene rings is 2. The van der Waals surface area contributed by atoms with E-state index >= 15 is 0 Å². The summed E-state index contributed by atoms with van der Waals surface area (Å²) in [5.41, 5.74) is 2.81. The van der Waals surface area contributed by atoms with Gasteiger partial charge in [0.15, 0.2) is 0 Å². The van der Waals surface area contributed by atoms with Crippen molar-refractivity contribution in [2.24, 2.45) is 5.92 Å². The summed E-state index contributed by atoms with van der Waals surface area (Å²) in [5, 5.41) is 1.04. The van der Waals surface area contributed by atoms with Crippen LogP contribution >= 0.6 is 31.9 Å². The maximum absolute atomic E-state index is 3.64. The Morgan fingerprint density at radius 2 is 1.50 bits per heavy atom. The molecule has 2 aromatic rings. The molecule has 0 saturated heterocycles. The molecule has 1 unspecified atom stereocenters. The highest BCUT2D eigenvalue weighted by atomic mass is 79.9. The molecule has 0 heterocycles. The molecule has 0 saturated carbocycles. The maximum Gasteiger partial charge on any atom is 0.0177 e. The molecule has 2 rings (SSSR count). The van der Waals surface area contributed by atoms with Crippen LogP contribution < -0.4 is 0 Å². The average molecular weight is 368 g/mol. The van der Waals surface area contributed by atoms with Crippen LogP contribution in [0.1, 0.15) is 11.1 Å². The summed E-state index contributed by atoms with van der Waals surface area (Å²) in [4.78, 5) is 0. The molecule has 0 aliphatic carbocycles. The van der Waals surface area contributed by atoms with Crippen molar-refractivity contribution in [2.45, 2.75) is 12.8 Å². The van der Waals surface area contributed by atoms with Crippen LogP contribution in [0.15, 0.2) is 59.1 Å². The summed E-state index contributed by atoms with van der Waals surface area (Å²) in [6.45, 7) is 0. The summed E-state index contributed by atoms with van der Waals surface area (Å²) in [5.74, 6) is 0.640. The Morgan fingerprint density at radius 3 is 2.17 bits per heavy atom. The van der Waals surface area contributed by atoms with Crippen molar-refractivity contribution >= 4 is 31.9 Å². The largest absolute Gasteiger partial charge is 0.0925 e. The highest BCUT2D eigenvalue weighted by Gasteiger charge is 2.09. The van der Waals surface area contributed by atoms with Gasteiger partial charge in [0.05, 0.1) is 0 Å². The SMILES string of the molecule is BrCC(Cc1ccccc1)Cc1cccc(Br)c1. The van der Waals surface area contributed by atoms with Crippen molar-refractivity contribution < 1.29 is 0 Å². The minimum Gasteiger partial charge on any atom is -0.0925 e. The zero-order chi connectivity index (χ0) is 12.8. The second kappa shape index (κ2) is 7.10. The van der Waals surface area contributed by atoms with Crippen molar-refractivity contribution in [3.63, 3.8) is 0 Å². The lowest BCUT2D eigenvalue weighted by Gasteiger charge is -2.14. The lowest BCUT2D eigenvalue weighted by molar-refractivity contribution is 0.591. The fourth-order valence-electron chi connectivity index (χ4n) is 2.13. The lowest BCUT2D eigenvalue weighted by Crippen LogP contribution is -2.09. The Hall–Kier alpha value is -0.600. The van der Waals surface area contributed by atoms with Crippen molar-refractivity contribution in [1.82, 2.24) is 0 Å². The zero-order valence-corrected chi connectivity index (χ0v) is 13.3. The van der Waals surface area contributed by atoms with Gasteiger partial charge in [-0.3, -0.25) is 0 Å². The first kappa shape index (κ1) is 13.8. The standard InChI is InChI=1S/C16H16Br2/c17-12-15(9-13-5-2-1-3-6-13)10-14-7-4-8-16(18)11-14/h1-8,11,15H,9-10,12H2. The van der Waals surface area contributed by atoms with E-state index in [0.717, 1.165) is 22.6 Å². The fraction of sp³-hybridized carbons (Fsp3) is 0.250. The first-order chi connectivity index (χ1) is 8.78. The molecular weight excluding hydrogens is 352 g/mol. The van der Waals surface area contributed by atoms with Gasteiger partial charge in [0.2, 0.25) is 0 Å². The Labute approximate surface area is 126 Å². The first-order valence-corrected chi connectivity index (χ1v) is 8.03. The molecule has 0 N–H and O–H groups in total. The summed E-state index contributed by atoms with van der Waals surface area (Å²) in [6.07, 6.45) is 2.23. The molecule has 94 valence electrons. The van der Waals surface area contributed by atoms with E-state index < -0.39 is 0 Å². The number of halogens is 2. The van der Waals surface area contributed by atoms with Crippen molar-refractivity contribution in [2.75, 3.05) is 5.33 Å². The van der Waals surface area contributed by atoms with Crippen LogP contribution in [-0.2, 0) is 12.8 Å². The molecule has 0 aromatic heterocycles. The van der Waals surface area contributed by atoms with Crippen LogP contribution in [-0.4, -0.2) is 5.33 Å². The smallest absolute Gasteiger partial charge is 0.0177 e. The third kappa shape index (κ3) is 4.25. The van der Waals surface area contributed by atoms with Crippen LogP contribution in [0.25, 0.3) is 0 Å². The zero-order valence-electron chi connectivity index (χ0n) is 10.2. The third-order valence-corrected chi connectivity index (χ3v) is 4.41. The molecule has 0 aliphatic rings. The Balaban J connectivity index is 2.01. The second-order valence-electron chi connectivity index (χ2n) is 4.54. The van der Waals surface area contributed by atoms with Crippen LogP contribution in [0.4, 0.5) is 0 Å². The summed E-state index contributed by atoms with van der Waals surface area (Å²) in [6, 6.07) is 19.3. The quantitative estimate of drug-likeness (QED) is 0.633. The number of rotatable bonds is 5. The van der Waals surface area contributed by atoms with E-state index in [1.807, 2.05) is 0 Å². The maximum atomic E-state index is 3.64. The molecule has 0 nitrogen and oxygen atoms in total. The first-order valence-electron chi connectivity index (χ1n) is 6.12. The molecule has 0 amide bonds. The Morgan fingerprint density at radius 1 is 0.833 bits per heavy atom. The number of hydrogen-bond acceptors (Lipinski definition) is 0. The minimum atomic E-state index is 0.640. The monoisotopic (exact) mass is 366 g/mol. The van der Waals surface area contributed by atoms with Gasteiger partial charge >= 0.3 is 0 Å². The fourth-order valence-corrected chi connectivity index (χ4v) is 3.03. The number of hydrogen-bond donors (Lipinski definition) is 0.